The van der Waals surface area contributed by atoms with Gasteiger partial charge in [-0.2, -0.15) is 0 Å². The molecule has 4 nitrogen and oxygen atoms in total. The lowest BCUT2D eigenvalue weighted by Gasteiger charge is -2.15. The van der Waals surface area contributed by atoms with Crippen molar-refractivity contribution in [2.24, 2.45) is 0 Å². The molecule has 0 saturated heterocycles. The second-order valence-corrected chi connectivity index (χ2v) is 5.97. The number of carbonyl (C=O) groups excluding carboxylic acids is 1. The van der Waals surface area contributed by atoms with E-state index >= 15 is 0 Å². The Kier molecular flexibility index (Phi) is 3.80. The minimum absolute atomic E-state index is 0.0408. The van der Waals surface area contributed by atoms with E-state index in [2.05, 4.69) is 11.8 Å². The fourth-order valence-electron chi connectivity index (χ4n) is 3.44. The molecule has 0 fully saturated rings. The summed E-state index contributed by atoms with van der Waals surface area (Å²) < 4.78 is 5.96. The van der Waals surface area contributed by atoms with E-state index in [9.17, 15) is 4.79 Å². The number of carbonyl (C=O) groups is 1. The third-order valence-electron chi connectivity index (χ3n) is 4.62. The second-order valence-electron chi connectivity index (χ2n) is 5.97. The van der Waals surface area contributed by atoms with Crippen LogP contribution in [0.4, 0.5) is 11.4 Å². The van der Waals surface area contributed by atoms with E-state index in [1.165, 1.54) is 0 Å². The van der Waals surface area contributed by atoms with Crippen LogP contribution in [0.3, 0.4) is 0 Å². The van der Waals surface area contributed by atoms with Crippen LogP contribution >= 0.6 is 0 Å². The average molecular weight is 332 g/mol. The molecule has 0 spiro atoms. The summed E-state index contributed by atoms with van der Waals surface area (Å²) in [6.45, 7) is 5.54. The van der Waals surface area contributed by atoms with Crippen LogP contribution in [-0.2, 0) is 4.79 Å². The highest BCUT2D eigenvalue weighted by molar-refractivity contribution is 6.32. The van der Waals surface area contributed by atoms with E-state index in [1.54, 1.807) is 0 Å². The minimum atomic E-state index is 0.0408. The summed E-state index contributed by atoms with van der Waals surface area (Å²) in [5.41, 5.74) is 3.72. The molecular weight excluding hydrogens is 312 g/mol. The molecule has 25 heavy (non-hydrogen) atoms. The molecule has 0 N–H and O–H groups in total. The van der Waals surface area contributed by atoms with Crippen LogP contribution in [0.25, 0.3) is 5.57 Å². The molecule has 1 amide bonds. The first kappa shape index (κ1) is 15.5. The Labute approximate surface area is 147 Å². The number of anilines is 2. The topological polar surface area (TPSA) is 32.8 Å². The second kappa shape index (κ2) is 6.13. The number of likely N-dealkylation sites (N-methyl/N-ethyl adjacent to an activating group) is 1. The number of hydrogen-bond acceptors (Lipinski definition) is 3. The normalized spacial score (nSPS) is 18.7. The van der Waals surface area contributed by atoms with E-state index in [0.717, 1.165) is 35.1 Å². The zero-order valence-electron chi connectivity index (χ0n) is 14.4. The molecule has 126 valence electrons. The largest absolute Gasteiger partial charge is 0.439 e. The van der Waals surface area contributed by atoms with Crippen molar-refractivity contribution < 1.29 is 9.53 Å². The fourth-order valence-corrected chi connectivity index (χ4v) is 3.44. The van der Waals surface area contributed by atoms with Gasteiger partial charge in [-0.15, -0.1) is 0 Å². The molecule has 0 unspecified atom stereocenters. The number of fused-ring (bicyclic) bond motifs is 2. The van der Waals surface area contributed by atoms with Crippen molar-refractivity contribution in [3.63, 3.8) is 0 Å². The maximum absolute atomic E-state index is 12.7. The average Bonchev–Trinajstić information content (AvgIpc) is 3.13. The first-order valence-corrected chi connectivity index (χ1v) is 8.62. The highest BCUT2D eigenvalue weighted by Gasteiger charge is 2.31. The summed E-state index contributed by atoms with van der Waals surface area (Å²) >= 11 is 0. The van der Waals surface area contributed by atoms with Crippen LogP contribution < -0.4 is 14.5 Å². The summed E-state index contributed by atoms with van der Waals surface area (Å²) in [5, 5.41) is 0. The summed E-state index contributed by atoms with van der Waals surface area (Å²) in [6.07, 6.45) is 3.77. The summed E-state index contributed by atoms with van der Waals surface area (Å²) in [5.74, 6) is 1.64. The molecule has 2 aromatic carbocycles. The quantitative estimate of drug-likeness (QED) is 0.790. The van der Waals surface area contributed by atoms with Crippen molar-refractivity contribution in [2.75, 3.05) is 22.9 Å². The lowest BCUT2D eigenvalue weighted by atomic mass is 10.1. The Morgan fingerprint density at radius 3 is 2.32 bits per heavy atom. The highest BCUT2D eigenvalue weighted by Crippen LogP contribution is 2.39. The molecule has 4 rings (SSSR count). The Morgan fingerprint density at radius 2 is 1.56 bits per heavy atom. The fraction of sp³-hybridized carbons (Fsp3) is 0.190. The van der Waals surface area contributed by atoms with E-state index in [1.807, 2.05) is 72.5 Å². The van der Waals surface area contributed by atoms with Gasteiger partial charge in [-0.3, -0.25) is 4.79 Å². The number of para-hydroxylation sites is 3. The first-order valence-electron chi connectivity index (χ1n) is 8.62. The minimum Gasteiger partial charge on any atom is -0.439 e. The van der Waals surface area contributed by atoms with Crippen LogP contribution in [0.1, 0.15) is 19.4 Å². The van der Waals surface area contributed by atoms with Crippen LogP contribution in [-0.4, -0.2) is 19.0 Å². The highest BCUT2D eigenvalue weighted by atomic mass is 16.5. The van der Waals surface area contributed by atoms with Crippen molar-refractivity contribution >= 4 is 22.9 Å². The maximum Gasteiger partial charge on any atom is 0.258 e. The molecule has 2 aromatic rings. The third-order valence-corrected chi connectivity index (χ3v) is 4.62. The van der Waals surface area contributed by atoms with Gasteiger partial charge in [0.05, 0.1) is 11.4 Å². The lowest BCUT2D eigenvalue weighted by Crippen LogP contribution is -2.25. The molecule has 0 saturated carbocycles. The van der Waals surface area contributed by atoms with E-state index in [-0.39, 0.29) is 5.91 Å². The summed E-state index contributed by atoms with van der Waals surface area (Å²) in [4.78, 5) is 16.7. The third kappa shape index (κ3) is 2.41. The van der Waals surface area contributed by atoms with Gasteiger partial charge in [0.15, 0.2) is 5.75 Å². The molecule has 0 radical (unpaired) electrons. The first-order chi connectivity index (χ1) is 12.2. The van der Waals surface area contributed by atoms with Gasteiger partial charge in [0.1, 0.15) is 0 Å². The van der Waals surface area contributed by atoms with Gasteiger partial charge in [-0.1, -0.05) is 30.3 Å². The molecule has 4 heteroatoms. The van der Waals surface area contributed by atoms with Crippen molar-refractivity contribution in [1.29, 1.82) is 0 Å². The van der Waals surface area contributed by atoms with Gasteiger partial charge in [0.25, 0.3) is 5.91 Å². The molecule has 2 aliphatic heterocycles. The smallest absolute Gasteiger partial charge is 0.258 e. The zero-order valence-corrected chi connectivity index (χ0v) is 14.4. The molecule has 0 aromatic heterocycles. The zero-order chi connectivity index (χ0) is 17.4. The Bertz CT molecular complexity index is 898. The van der Waals surface area contributed by atoms with Crippen molar-refractivity contribution in [2.45, 2.75) is 13.8 Å². The number of hydrogen-bond donors (Lipinski definition) is 0. The molecular formula is C21H20N2O2. The summed E-state index contributed by atoms with van der Waals surface area (Å²) in [6, 6.07) is 15.9. The number of nitrogens with zero attached hydrogens (tertiary/aromatic N) is 2. The van der Waals surface area contributed by atoms with Gasteiger partial charge in [0.2, 0.25) is 5.88 Å². The molecule has 0 aliphatic carbocycles. The standard InChI is InChI=1S/C21H20N2O2/c1-3-22-18-11-7-8-12-19(18)25-20(22)14-13-16-15-9-5-6-10-17(15)23(4-2)21(16)24/h5-14H,3-4H2,1-2H3. The summed E-state index contributed by atoms with van der Waals surface area (Å²) in [7, 11) is 0. The number of benzene rings is 2. The van der Waals surface area contributed by atoms with E-state index < -0.39 is 0 Å². The van der Waals surface area contributed by atoms with E-state index in [0.29, 0.717) is 12.1 Å². The molecule has 2 heterocycles. The number of amides is 1. The Balaban J connectivity index is 1.73. The van der Waals surface area contributed by atoms with Gasteiger partial charge >= 0.3 is 0 Å². The maximum atomic E-state index is 12.7. The SMILES string of the molecule is CCN1C(=CC=C2C(=O)N(CC)c3ccccc32)Oc2ccccc21. The van der Waals surface area contributed by atoms with E-state index in [4.69, 9.17) is 4.74 Å². The molecule has 2 aliphatic rings. The lowest BCUT2D eigenvalue weighted by molar-refractivity contribution is -0.112. The van der Waals surface area contributed by atoms with Gasteiger partial charge in [0, 0.05) is 24.2 Å². The van der Waals surface area contributed by atoms with Crippen molar-refractivity contribution in [1.82, 2.24) is 0 Å². The van der Waals surface area contributed by atoms with Crippen molar-refractivity contribution in [3.05, 3.63) is 72.1 Å². The Hall–Kier alpha value is -3.01. The predicted octanol–water partition coefficient (Wildman–Crippen LogP) is 4.20. The van der Waals surface area contributed by atoms with Gasteiger partial charge < -0.3 is 14.5 Å². The Morgan fingerprint density at radius 1 is 0.880 bits per heavy atom. The number of rotatable bonds is 3. The predicted molar refractivity (Wildman–Crippen MR) is 101 cm³/mol. The number of allylic oxidation sites excluding steroid dienone is 2. The van der Waals surface area contributed by atoms with Crippen LogP contribution in [0, 0.1) is 0 Å². The molecule has 0 bridgehead atoms. The van der Waals surface area contributed by atoms with Gasteiger partial charge in [-0.05, 0) is 44.2 Å². The molecule has 0 atom stereocenters. The van der Waals surface area contributed by atoms with Crippen LogP contribution in [0.5, 0.6) is 5.75 Å². The van der Waals surface area contributed by atoms with Gasteiger partial charge in [-0.25, -0.2) is 0 Å². The monoisotopic (exact) mass is 332 g/mol. The van der Waals surface area contributed by atoms with Crippen molar-refractivity contribution in [3.8, 4) is 5.75 Å². The number of ether oxygens (including phenoxy) is 1. The van der Waals surface area contributed by atoms with Crippen LogP contribution in [0.15, 0.2) is 66.6 Å². The van der Waals surface area contributed by atoms with Crippen LogP contribution in [0.2, 0.25) is 0 Å².